The predicted octanol–water partition coefficient (Wildman–Crippen LogP) is 2.43. The molecule has 1 amide bonds. The lowest BCUT2D eigenvalue weighted by molar-refractivity contribution is -0.0486. The molecule has 1 atom stereocenters. The van der Waals surface area contributed by atoms with E-state index in [0.29, 0.717) is 25.3 Å². The van der Waals surface area contributed by atoms with E-state index in [1.165, 1.54) is 0 Å². The van der Waals surface area contributed by atoms with Gasteiger partial charge in [-0.25, -0.2) is 4.79 Å². The van der Waals surface area contributed by atoms with Crippen LogP contribution < -0.4 is 0 Å². The zero-order chi connectivity index (χ0) is 17.4. The fourth-order valence-electron chi connectivity index (χ4n) is 3.38. The number of ether oxygens (including phenoxy) is 2. The number of carbonyl (C=O) groups is 2. The Kier molecular flexibility index (Phi) is 4.38. The molecule has 2 aliphatic heterocycles. The molecule has 3 heterocycles. The number of carbonyl (C=O) groups excluding carboxylic acids is 2. The average molecular weight is 335 g/mol. The van der Waals surface area contributed by atoms with Crippen molar-refractivity contribution in [1.29, 1.82) is 0 Å². The van der Waals surface area contributed by atoms with Gasteiger partial charge in [-0.15, -0.1) is 0 Å². The zero-order valence-electron chi connectivity index (χ0n) is 14.5. The summed E-state index contributed by atoms with van der Waals surface area (Å²) in [4.78, 5) is 24.7. The third-order valence-electron chi connectivity index (χ3n) is 4.65. The predicted molar refractivity (Wildman–Crippen MR) is 87.0 cm³/mol. The van der Waals surface area contributed by atoms with E-state index in [0.717, 1.165) is 25.5 Å². The second kappa shape index (κ2) is 6.20. The van der Waals surface area contributed by atoms with Crippen molar-refractivity contribution in [3.05, 3.63) is 18.0 Å². The molecule has 0 bridgehead atoms. The molecule has 0 N–H and O–H groups in total. The Labute approximate surface area is 141 Å². The minimum atomic E-state index is -0.475. The number of aromatic nitrogens is 2. The Morgan fingerprint density at radius 1 is 1.42 bits per heavy atom. The van der Waals surface area contributed by atoms with Crippen LogP contribution in [0.15, 0.2) is 12.4 Å². The van der Waals surface area contributed by atoms with E-state index in [1.807, 2.05) is 25.5 Å². The van der Waals surface area contributed by atoms with E-state index >= 15 is 0 Å². The Morgan fingerprint density at radius 3 is 2.71 bits per heavy atom. The lowest BCUT2D eigenvalue weighted by Gasteiger charge is -2.39. The molecule has 1 spiro atoms. The summed E-state index contributed by atoms with van der Waals surface area (Å²) in [6.45, 7) is 7.49. The third kappa shape index (κ3) is 3.61. The molecule has 0 saturated carbocycles. The zero-order valence-corrected chi connectivity index (χ0v) is 14.5. The van der Waals surface area contributed by atoms with Gasteiger partial charge < -0.3 is 14.4 Å². The highest BCUT2D eigenvalue weighted by Gasteiger charge is 2.44. The molecule has 24 heavy (non-hydrogen) atoms. The Bertz CT molecular complexity index is 612. The molecule has 7 heteroatoms. The molecule has 3 rings (SSSR count). The van der Waals surface area contributed by atoms with Crippen molar-refractivity contribution >= 4 is 12.4 Å². The van der Waals surface area contributed by atoms with Crippen LogP contribution in [0.3, 0.4) is 0 Å². The van der Waals surface area contributed by atoms with Crippen molar-refractivity contribution in [3.8, 4) is 0 Å². The topological polar surface area (TPSA) is 73.7 Å². The maximum Gasteiger partial charge on any atom is 0.410 e. The number of hydrogen-bond acceptors (Lipinski definition) is 5. The first kappa shape index (κ1) is 17.0. The van der Waals surface area contributed by atoms with Crippen molar-refractivity contribution < 1.29 is 19.1 Å². The summed E-state index contributed by atoms with van der Waals surface area (Å²) in [5.74, 6) is 0. The van der Waals surface area contributed by atoms with Crippen molar-refractivity contribution in [2.24, 2.45) is 0 Å². The number of likely N-dealkylation sites (tertiary alicyclic amines) is 1. The maximum absolute atomic E-state index is 12.2. The van der Waals surface area contributed by atoms with Gasteiger partial charge in [0.15, 0.2) is 6.29 Å². The first-order chi connectivity index (χ1) is 11.3. The largest absolute Gasteiger partial charge is 0.444 e. The van der Waals surface area contributed by atoms with E-state index in [2.05, 4.69) is 5.10 Å². The smallest absolute Gasteiger partial charge is 0.410 e. The fraction of sp³-hybridized carbons (Fsp3) is 0.706. The van der Waals surface area contributed by atoms with Gasteiger partial charge in [0, 0.05) is 25.7 Å². The molecule has 2 saturated heterocycles. The maximum atomic E-state index is 12.2. The van der Waals surface area contributed by atoms with Gasteiger partial charge in [-0.1, -0.05) is 0 Å². The Hall–Kier alpha value is -1.89. The summed E-state index contributed by atoms with van der Waals surface area (Å²) in [7, 11) is 0. The van der Waals surface area contributed by atoms with Crippen LogP contribution in [-0.2, 0) is 9.47 Å². The molecule has 1 unspecified atom stereocenters. The van der Waals surface area contributed by atoms with E-state index in [4.69, 9.17) is 9.47 Å². The number of hydrogen-bond donors (Lipinski definition) is 0. The molecule has 1 aromatic rings. The lowest BCUT2D eigenvalue weighted by atomic mass is 9.87. The van der Waals surface area contributed by atoms with Gasteiger partial charge in [0.25, 0.3) is 0 Å². The Morgan fingerprint density at radius 2 is 2.12 bits per heavy atom. The molecule has 0 aliphatic carbocycles. The fourth-order valence-corrected chi connectivity index (χ4v) is 3.38. The van der Waals surface area contributed by atoms with Crippen molar-refractivity contribution in [3.63, 3.8) is 0 Å². The summed E-state index contributed by atoms with van der Waals surface area (Å²) >= 11 is 0. The monoisotopic (exact) mass is 335 g/mol. The standard InChI is InChI=1S/C17H25N3O4/c1-16(2,3)24-15(22)19-6-4-17(5-7-19)8-14(12-23-17)20-10-13(11-21)9-18-20/h9-11,14H,4-8,12H2,1-3H3. The van der Waals surface area contributed by atoms with Crippen LogP contribution in [-0.4, -0.2) is 58.0 Å². The molecule has 2 aliphatic rings. The van der Waals surface area contributed by atoms with Crippen molar-refractivity contribution in [2.45, 2.75) is 57.3 Å². The summed E-state index contributed by atoms with van der Waals surface area (Å²) in [5.41, 5.74) is -0.0932. The van der Waals surface area contributed by atoms with E-state index < -0.39 is 5.60 Å². The second-order valence-corrected chi connectivity index (χ2v) is 7.69. The molecule has 7 nitrogen and oxygen atoms in total. The van der Waals surface area contributed by atoms with Crippen molar-refractivity contribution in [1.82, 2.24) is 14.7 Å². The quantitative estimate of drug-likeness (QED) is 0.776. The number of rotatable bonds is 2. The van der Waals surface area contributed by atoms with Crippen LogP contribution >= 0.6 is 0 Å². The number of aldehydes is 1. The van der Waals surface area contributed by atoms with Crippen LogP contribution in [0.1, 0.15) is 56.4 Å². The van der Waals surface area contributed by atoms with Crippen LogP contribution in [0.5, 0.6) is 0 Å². The SMILES string of the molecule is CC(C)(C)OC(=O)N1CCC2(CC1)CC(n1cc(C=O)cn1)CO2. The number of piperidine rings is 1. The molecule has 2 fully saturated rings. The van der Waals surface area contributed by atoms with Crippen LogP contribution in [0.4, 0.5) is 4.79 Å². The van der Waals surface area contributed by atoms with Gasteiger partial charge in [0.2, 0.25) is 0 Å². The van der Waals surface area contributed by atoms with Gasteiger partial charge in [0.1, 0.15) is 5.60 Å². The highest BCUT2D eigenvalue weighted by molar-refractivity contribution is 5.73. The van der Waals surface area contributed by atoms with Gasteiger partial charge in [0.05, 0.1) is 30.0 Å². The number of nitrogens with zero attached hydrogens (tertiary/aromatic N) is 3. The normalized spacial score (nSPS) is 23.5. The highest BCUT2D eigenvalue weighted by atomic mass is 16.6. The Balaban J connectivity index is 1.56. The van der Waals surface area contributed by atoms with E-state index in [-0.39, 0.29) is 17.7 Å². The molecule has 132 valence electrons. The number of amides is 1. The second-order valence-electron chi connectivity index (χ2n) is 7.69. The third-order valence-corrected chi connectivity index (χ3v) is 4.65. The van der Waals surface area contributed by atoms with Gasteiger partial charge in [-0.2, -0.15) is 5.10 Å². The molecule has 0 aromatic carbocycles. The lowest BCUT2D eigenvalue weighted by Crippen LogP contribution is -2.47. The van der Waals surface area contributed by atoms with Gasteiger partial charge in [-0.3, -0.25) is 9.48 Å². The summed E-state index contributed by atoms with van der Waals surface area (Å²) in [6.07, 6.45) is 6.33. The summed E-state index contributed by atoms with van der Waals surface area (Å²) in [5, 5.41) is 4.25. The summed E-state index contributed by atoms with van der Waals surface area (Å²) < 4.78 is 13.3. The van der Waals surface area contributed by atoms with Crippen LogP contribution in [0, 0.1) is 0 Å². The molecular formula is C17H25N3O4. The average Bonchev–Trinajstić information content (AvgIpc) is 3.13. The minimum absolute atomic E-state index is 0.145. The first-order valence-electron chi connectivity index (χ1n) is 8.41. The minimum Gasteiger partial charge on any atom is -0.444 e. The molecule has 0 radical (unpaired) electrons. The molecular weight excluding hydrogens is 310 g/mol. The van der Waals surface area contributed by atoms with Crippen LogP contribution in [0.25, 0.3) is 0 Å². The molecule has 1 aromatic heterocycles. The summed E-state index contributed by atoms with van der Waals surface area (Å²) in [6, 6.07) is 0.145. The van der Waals surface area contributed by atoms with Gasteiger partial charge in [-0.05, 0) is 33.6 Å². The highest BCUT2D eigenvalue weighted by Crippen LogP contribution is 2.40. The van der Waals surface area contributed by atoms with Crippen molar-refractivity contribution in [2.75, 3.05) is 19.7 Å². The van der Waals surface area contributed by atoms with Gasteiger partial charge >= 0.3 is 6.09 Å². The first-order valence-corrected chi connectivity index (χ1v) is 8.41. The van der Waals surface area contributed by atoms with Crippen LogP contribution in [0.2, 0.25) is 0 Å². The van der Waals surface area contributed by atoms with E-state index in [1.54, 1.807) is 17.3 Å². The van der Waals surface area contributed by atoms with E-state index in [9.17, 15) is 9.59 Å².